The third kappa shape index (κ3) is 5.68. The number of likely N-dealkylation sites (tertiary alicyclic amines) is 1. The van der Waals surface area contributed by atoms with Crippen molar-refractivity contribution in [2.24, 2.45) is 0 Å². The lowest BCUT2D eigenvalue weighted by Crippen LogP contribution is -2.26. The van der Waals surface area contributed by atoms with Crippen molar-refractivity contribution in [1.82, 2.24) is 10.2 Å². The van der Waals surface area contributed by atoms with Gasteiger partial charge in [0, 0.05) is 12.1 Å². The van der Waals surface area contributed by atoms with E-state index >= 15 is 0 Å². The topological polar surface area (TPSA) is 41.6 Å². The van der Waals surface area contributed by atoms with Crippen LogP contribution in [0.3, 0.4) is 0 Å². The first-order valence-electron chi connectivity index (χ1n) is 8.42. The van der Waals surface area contributed by atoms with Gasteiger partial charge in [-0.25, -0.2) is 0 Å². The molecule has 4 nitrogen and oxygen atoms in total. The number of unbranched alkanes of at least 4 members (excludes halogenated alkanes) is 1. The minimum absolute atomic E-state index is 0.00253. The minimum atomic E-state index is -0.00253. The van der Waals surface area contributed by atoms with Crippen LogP contribution in [-0.4, -0.2) is 43.1 Å². The Balaban J connectivity index is 1.63. The summed E-state index contributed by atoms with van der Waals surface area (Å²) in [5.41, 5.74) is 0.690. The second-order valence-corrected chi connectivity index (χ2v) is 6.20. The van der Waals surface area contributed by atoms with Crippen molar-refractivity contribution < 1.29 is 9.53 Å². The molecule has 1 fully saturated rings. The standard InChI is InChI=1S/C18H28N2O2/c1-15(2)22-17-9-7-16(8-10-17)18(21)19-11-3-4-12-20-13-5-6-14-20/h7-10,15H,3-6,11-14H2,1-2H3,(H,19,21). The lowest BCUT2D eigenvalue weighted by molar-refractivity contribution is 0.0952. The fourth-order valence-corrected chi connectivity index (χ4v) is 2.73. The maximum Gasteiger partial charge on any atom is 0.251 e. The molecule has 0 unspecified atom stereocenters. The van der Waals surface area contributed by atoms with Gasteiger partial charge in [0.15, 0.2) is 0 Å². The Hall–Kier alpha value is -1.55. The van der Waals surface area contributed by atoms with Gasteiger partial charge >= 0.3 is 0 Å². The highest BCUT2D eigenvalue weighted by molar-refractivity contribution is 5.94. The Bertz CT molecular complexity index is 451. The van der Waals surface area contributed by atoms with Crippen molar-refractivity contribution >= 4 is 5.91 Å². The molecule has 122 valence electrons. The van der Waals surface area contributed by atoms with Crippen LogP contribution < -0.4 is 10.1 Å². The molecule has 1 aromatic rings. The first-order valence-corrected chi connectivity index (χ1v) is 8.42. The average Bonchev–Trinajstić information content (AvgIpc) is 3.00. The summed E-state index contributed by atoms with van der Waals surface area (Å²) in [4.78, 5) is 14.5. The van der Waals surface area contributed by atoms with Crippen LogP contribution in [0.25, 0.3) is 0 Å². The molecule has 22 heavy (non-hydrogen) atoms. The molecule has 0 aromatic heterocycles. The number of hydrogen-bond acceptors (Lipinski definition) is 3. The molecule has 1 saturated heterocycles. The van der Waals surface area contributed by atoms with Gasteiger partial charge in [-0.3, -0.25) is 4.79 Å². The Morgan fingerprint density at radius 1 is 1.18 bits per heavy atom. The lowest BCUT2D eigenvalue weighted by Gasteiger charge is -2.14. The average molecular weight is 304 g/mol. The number of hydrogen-bond donors (Lipinski definition) is 1. The number of nitrogens with zero attached hydrogens (tertiary/aromatic N) is 1. The Labute approximate surface area is 133 Å². The van der Waals surface area contributed by atoms with Crippen LogP contribution >= 0.6 is 0 Å². The highest BCUT2D eigenvalue weighted by Gasteiger charge is 2.10. The zero-order chi connectivity index (χ0) is 15.8. The fourth-order valence-electron chi connectivity index (χ4n) is 2.73. The number of amides is 1. The van der Waals surface area contributed by atoms with Crippen LogP contribution in [0.2, 0.25) is 0 Å². The molecule has 1 heterocycles. The molecule has 1 aliphatic heterocycles. The largest absolute Gasteiger partial charge is 0.491 e. The van der Waals surface area contributed by atoms with E-state index in [0.29, 0.717) is 5.56 Å². The van der Waals surface area contributed by atoms with Crippen LogP contribution in [0.4, 0.5) is 0 Å². The smallest absolute Gasteiger partial charge is 0.251 e. The molecule has 1 amide bonds. The molecule has 0 saturated carbocycles. The zero-order valence-electron chi connectivity index (χ0n) is 13.8. The van der Waals surface area contributed by atoms with Gasteiger partial charge in [0.1, 0.15) is 5.75 Å². The van der Waals surface area contributed by atoms with Crippen molar-refractivity contribution in [3.05, 3.63) is 29.8 Å². The molecule has 0 radical (unpaired) electrons. The van der Waals surface area contributed by atoms with Crippen molar-refractivity contribution in [2.45, 2.75) is 45.6 Å². The van der Waals surface area contributed by atoms with Gasteiger partial charge in [0.2, 0.25) is 0 Å². The van der Waals surface area contributed by atoms with E-state index in [1.165, 1.54) is 25.9 Å². The number of carbonyl (C=O) groups is 1. The molecular weight excluding hydrogens is 276 g/mol. The van der Waals surface area contributed by atoms with E-state index in [-0.39, 0.29) is 12.0 Å². The van der Waals surface area contributed by atoms with E-state index in [4.69, 9.17) is 4.74 Å². The van der Waals surface area contributed by atoms with Crippen LogP contribution in [-0.2, 0) is 0 Å². The fraction of sp³-hybridized carbons (Fsp3) is 0.611. The summed E-state index contributed by atoms with van der Waals surface area (Å²) >= 11 is 0. The molecule has 4 heteroatoms. The van der Waals surface area contributed by atoms with E-state index in [9.17, 15) is 4.79 Å². The van der Waals surface area contributed by atoms with Gasteiger partial charge in [-0.15, -0.1) is 0 Å². The summed E-state index contributed by atoms with van der Waals surface area (Å²) in [5.74, 6) is 0.800. The summed E-state index contributed by atoms with van der Waals surface area (Å²) in [6.45, 7) is 8.38. The maximum absolute atomic E-state index is 12.0. The van der Waals surface area contributed by atoms with E-state index in [1.54, 1.807) is 0 Å². The minimum Gasteiger partial charge on any atom is -0.491 e. The highest BCUT2D eigenvalue weighted by atomic mass is 16.5. The molecule has 2 rings (SSSR count). The number of nitrogens with one attached hydrogen (secondary N) is 1. The predicted octanol–water partition coefficient (Wildman–Crippen LogP) is 3.08. The molecule has 1 N–H and O–H groups in total. The second kappa shape index (κ2) is 8.79. The monoisotopic (exact) mass is 304 g/mol. The van der Waals surface area contributed by atoms with E-state index < -0.39 is 0 Å². The molecule has 1 aromatic carbocycles. The second-order valence-electron chi connectivity index (χ2n) is 6.20. The van der Waals surface area contributed by atoms with Crippen LogP contribution in [0.15, 0.2) is 24.3 Å². The number of ether oxygens (including phenoxy) is 1. The first kappa shape index (κ1) is 16.8. The van der Waals surface area contributed by atoms with Crippen molar-refractivity contribution in [3.8, 4) is 5.75 Å². The number of carbonyl (C=O) groups excluding carboxylic acids is 1. The summed E-state index contributed by atoms with van der Waals surface area (Å²) in [6.07, 6.45) is 5.02. The Morgan fingerprint density at radius 2 is 1.86 bits per heavy atom. The summed E-state index contributed by atoms with van der Waals surface area (Å²) in [5, 5.41) is 2.99. The van der Waals surface area contributed by atoms with Gasteiger partial charge in [-0.2, -0.15) is 0 Å². The predicted molar refractivity (Wildman–Crippen MR) is 89.4 cm³/mol. The quantitative estimate of drug-likeness (QED) is 0.750. The summed E-state index contributed by atoms with van der Waals surface area (Å²) in [6, 6.07) is 7.33. The number of rotatable bonds is 8. The third-order valence-corrected chi connectivity index (χ3v) is 3.87. The number of benzene rings is 1. The van der Waals surface area contributed by atoms with E-state index in [1.807, 2.05) is 38.1 Å². The lowest BCUT2D eigenvalue weighted by atomic mass is 10.2. The van der Waals surface area contributed by atoms with Crippen molar-refractivity contribution in [2.75, 3.05) is 26.2 Å². The molecule has 0 atom stereocenters. The van der Waals surface area contributed by atoms with Crippen LogP contribution in [0.5, 0.6) is 5.75 Å². The van der Waals surface area contributed by atoms with Gasteiger partial charge < -0.3 is 15.0 Å². The van der Waals surface area contributed by atoms with E-state index in [2.05, 4.69) is 10.2 Å². The van der Waals surface area contributed by atoms with Crippen molar-refractivity contribution in [3.63, 3.8) is 0 Å². The van der Waals surface area contributed by atoms with Gasteiger partial charge in [-0.1, -0.05) is 0 Å². The normalized spacial score (nSPS) is 15.2. The molecular formula is C18H28N2O2. The van der Waals surface area contributed by atoms with Crippen LogP contribution in [0.1, 0.15) is 49.9 Å². The molecule has 0 bridgehead atoms. The van der Waals surface area contributed by atoms with Crippen LogP contribution in [0, 0.1) is 0 Å². The van der Waals surface area contributed by atoms with Gasteiger partial charge in [0.25, 0.3) is 5.91 Å². The summed E-state index contributed by atoms with van der Waals surface area (Å²) < 4.78 is 5.57. The highest BCUT2D eigenvalue weighted by Crippen LogP contribution is 2.13. The zero-order valence-corrected chi connectivity index (χ0v) is 13.8. The van der Waals surface area contributed by atoms with Gasteiger partial charge in [0.05, 0.1) is 6.10 Å². The molecule has 0 aliphatic carbocycles. The van der Waals surface area contributed by atoms with Gasteiger partial charge in [-0.05, 0) is 83.4 Å². The maximum atomic E-state index is 12.0. The van der Waals surface area contributed by atoms with Crippen molar-refractivity contribution in [1.29, 1.82) is 0 Å². The molecule has 0 spiro atoms. The molecule has 1 aliphatic rings. The third-order valence-electron chi connectivity index (χ3n) is 3.87. The SMILES string of the molecule is CC(C)Oc1ccc(C(=O)NCCCCN2CCCC2)cc1. The Kier molecular flexibility index (Phi) is 6.72. The van der Waals surface area contributed by atoms with E-state index in [0.717, 1.165) is 31.7 Å². The summed E-state index contributed by atoms with van der Waals surface area (Å²) in [7, 11) is 0. The Morgan fingerprint density at radius 3 is 2.50 bits per heavy atom. The first-order chi connectivity index (χ1) is 10.6.